The second-order valence-corrected chi connectivity index (χ2v) is 4.31. The molecule has 2 heteroatoms. The van der Waals surface area contributed by atoms with Gasteiger partial charge in [0.05, 0.1) is 11.1 Å². The molecular weight excluding hydrogens is 150 g/mol. The average Bonchev–Trinajstić information content (AvgIpc) is 2.11. The summed E-state index contributed by atoms with van der Waals surface area (Å²) in [4.78, 5) is 0. The molecule has 1 radical (unpaired) electrons. The predicted octanol–water partition coefficient (Wildman–Crippen LogP) is 2.32. The Morgan fingerprint density at radius 1 is 1.42 bits per heavy atom. The first-order valence-electron chi connectivity index (χ1n) is 4.15. The Morgan fingerprint density at radius 2 is 1.92 bits per heavy atom. The summed E-state index contributed by atoms with van der Waals surface area (Å²) in [7, 11) is 0. The number of rotatable bonds is 1. The van der Waals surface area contributed by atoms with E-state index >= 15 is 0 Å². The maximum atomic E-state index is 11.7. The first-order valence-corrected chi connectivity index (χ1v) is 4.15. The maximum Gasteiger partial charge on any atom is 0.0692 e. The summed E-state index contributed by atoms with van der Waals surface area (Å²) in [5, 5.41) is 12.9. The van der Waals surface area contributed by atoms with Crippen LogP contribution in [-0.4, -0.2) is 16.1 Å². The number of hydrogen-bond acceptors (Lipinski definition) is 1. The molecule has 0 unspecified atom stereocenters. The average molecular weight is 166 g/mol. The van der Waals surface area contributed by atoms with E-state index in [0.29, 0.717) is 0 Å². The van der Waals surface area contributed by atoms with E-state index in [-0.39, 0.29) is 0 Å². The molecule has 0 aromatic rings. The molecule has 0 aromatic carbocycles. The van der Waals surface area contributed by atoms with Gasteiger partial charge in [0.2, 0.25) is 0 Å². The Balaban J connectivity index is 3.12. The lowest BCUT2D eigenvalue weighted by atomic mass is 9.97. The van der Waals surface area contributed by atoms with Gasteiger partial charge in [-0.15, -0.1) is 10.3 Å². The third kappa shape index (κ3) is 1.11. The molecule has 0 bridgehead atoms. The van der Waals surface area contributed by atoms with Crippen molar-refractivity contribution in [1.29, 1.82) is 0 Å². The van der Waals surface area contributed by atoms with Crippen LogP contribution >= 0.6 is 0 Å². The minimum absolute atomic E-state index is 0.396. The molecule has 2 nitrogen and oxygen atoms in total. The van der Waals surface area contributed by atoms with Gasteiger partial charge < -0.3 is 0 Å². The van der Waals surface area contributed by atoms with Gasteiger partial charge in [-0.3, -0.25) is 0 Å². The molecule has 0 aromatic heterocycles. The molecule has 1 rings (SSSR count). The summed E-state index contributed by atoms with van der Waals surface area (Å²) < 4.78 is 0. The monoisotopic (exact) mass is 166 g/mol. The van der Waals surface area contributed by atoms with Gasteiger partial charge in [0.25, 0.3) is 0 Å². The van der Waals surface area contributed by atoms with Gasteiger partial charge in [-0.1, -0.05) is 18.7 Å². The second kappa shape index (κ2) is 2.44. The number of hydrogen-bond donors (Lipinski definition) is 0. The van der Waals surface area contributed by atoms with Crippen LogP contribution in [0.4, 0.5) is 0 Å². The van der Waals surface area contributed by atoms with E-state index in [0.717, 1.165) is 10.6 Å². The summed E-state index contributed by atoms with van der Waals surface area (Å²) >= 11 is 0. The molecule has 1 heterocycles. The van der Waals surface area contributed by atoms with E-state index in [1.165, 1.54) is 0 Å². The third-order valence-electron chi connectivity index (χ3n) is 2.47. The Bertz CT molecular complexity index is 238. The highest BCUT2D eigenvalue weighted by Gasteiger charge is 2.45. The van der Waals surface area contributed by atoms with E-state index in [1.807, 2.05) is 33.8 Å². The molecule has 0 saturated heterocycles. The molecular formula is C10H16NO. The van der Waals surface area contributed by atoms with E-state index < -0.39 is 11.1 Å². The lowest BCUT2D eigenvalue weighted by Gasteiger charge is -2.33. The van der Waals surface area contributed by atoms with Gasteiger partial charge in [0.15, 0.2) is 0 Å². The van der Waals surface area contributed by atoms with E-state index in [9.17, 15) is 5.21 Å². The second-order valence-electron chi connectivity index (χ2n) is 4.31. The molecule has 12 heavy (non-hydrogen) atoms. The van der Waals surface area contributed by atoms with E-state index in [4.69, 9.17) is 0 Å². The zero-order valence-electron chi connectivity index (χ0n) is 8.22. The summed E-state index contributed by atoms with van der Waals surface area (Å²) in [6, 6.07) is 0. The summed E-state index contributed by atoms with van der Waals surface area (Å²) in [5.74, 6) is 0. The van der Waals surface area contributed by atoms with Crippen LogP contribution in [-0.2, 0) is 5.21 Å². The van der Waals surface area contributed by atoms with Crippen molar-refractivity contribution in [2.75, 3.05) is 0 Å². The fraction of sp³-hybridized carbons (Fsp3) is 0.600. The Hall–Kier alpha value is -0.600. The molecule has 0 aliphatic carbocycles. The standard InChI is InChI=1S/C10H16NO/c1-6-8-7-9(2,3)11(12)10(8,4)5/h6-7H,1H2,2-5H3. The van der Waals surface area contributed by atoms with Crippen LogP contribution in [0.1, 0.15) is 27.7 Å². The van der Waals surface area contributed by atoms with E-state index in [1.54, 1.807) is 6.08 Å². The number of hydroxylamine groups is 2. The number of nitrogens with zero attached hydrogens (tertiary/aromatic N) is 1. The van der Waals surface area contributed by atoms with Crippen LogP contribution in [0.2, 0.25) is 0 Å². The van der Waals surface area contributed by atoms with Crippen molar-refractivity contribution < 1.29 is 5.21 Å². The highest BCUT2D eigenvalue weighted by molar-refractivity contribution is 5.36. The zero-order valence-corrected chi connectivity index (χ0v) is 8.22. The summed E-state index contributed by atoms with van der Waals surface area (Å²) in [6.45, 7) is 11.4. The van der Waals surface area contributed by atoms with Crippen LogP contribution in [0.15, 0.2) is 24.3 Å². The molecule has 0 spiro atoms. The first-order chi connectivity index (χ1) is 5.32. The summed E-state index contributed by atoms with van der Waals surface area (Å²) in [6.07, 6.45) is 3.74. The van der Waals surface area contributed by atoms with Crippen LogP contribution in [0.5, 0.6) is 0 Å². The first kappa shape index (κ1) is 9.49. The molecule has 67 valence electrons. The van der Waals surface area contributed by atoms with Crippen molar-refractivity contribution in [3.63, 3.8) is 0 Å². The fourth-order valence-corrected chi connectivity index (χ4v) is 1.76. The molecule has 0 fully saturated rings. The van der Waals surface area contributed by atoms with Crippen molar-refractivity contribution in [3.8, 4) is 0 Å². The van der Waals surface area contributed by atoms with Gasteiger partial charge >= 0.3 is 0 Å². The quantitative estimate of drug-likeness (QED) is 0.586. The topological polar surface area (TPSA) is 23.1 Å². The van der Waals surface area contributed by atoms with Crippen molar-refractivity contribution in [2.24, 2.45) is 0 Å². The summed E-state index contributed by atoms with van der Waals surface area (Å²) in [5.41, 5.74) is 0.195. The molecule has 1 aliphatic rings. The van der Waals surface area contributed by atoms with Crippen LogP contribution in [0.3, 0.4) is 0 Å². The minimum atomic E-state index is -0.425. The molecule has 0 atom stereocenters. The highest BCUT2D eigenvalue weighted by atomic mass is 16.5. The Kier molecular flexibility index (Phi) is 1.93. The normalized spacial score (nSPS) is 26.9. The zero-order chi connectivity index (χ0) is 9.57. The lowest BCUT2D eigenvalue weighted by Crippen LogP contribution is -2.46. The maximum absolute atomic E-state index is 11.7. The van der Waals surface area contributed by atoms with Crippen LogP contribution < -0.4 is 0 Å². The predicted molar refractivity (Wildman–Crippen MR) is 49.0 cm³/mol. The molecule has 0 saturated carbocycles. The van der Waals surface area contributed by atoms with Gasteiger partial charge in [-0.2, -0.15) is 0 Å². The van der Waals surface area contributed by atoms with Crippen LogP contribution in [0, 0.1) is 0 Å². The fourth-order valence-electron chi connectivity index (χ4n) is 1.76. The van der Waals surface area contributed by atoms with Crippen LogP contribution in [0.25, 0.3) is 0 Å². The third-order valence-corrected chi connectivity index (χ3v) is 2.47. The van der Waals surface area contributed by atoms with Crippen molar-refractivity contribution in [1.82, 2.24) is 5.06 Å². The van der Waals surface area contributed by atoms with E-state index in [2.05, 4.69) is 6.58 Å². The molecule has 0 N–H and O–H groups in total. The lowest BCUT2D eigenvalue weighted by molar-refractivity contribution is -0.238. The van der Waals surface area contributed by atoms with Crippen molar-refractivity contribution >= 4 is 0 Å². The largest absolute Gasteiger partial charge is 0.136 e. The van der Waals surface area contributed by atoms with Gasteiger partial charge in [-0.05, 0) is 33.3 Å². The SMILES string of the molecule is C=CC1=CC(C)(C)N([O])C1(C)C. The van der Waals surface area contributed by atoms with Gasteiger partial charge in [0.1, 0.15) is 0 Å². The molecule has 1 aliphatic heterocycles. The van der Waals surface area contributed by atoms with Gasteiger partial charge in [-0.25, -0.2) is 0 Å². The molecule has 0 amide bonds. The van der Waals surface area contributed by atoms with Gasteiger partial charge in [0, 0.05) is 0 Å². The smallest absolute Gasteiger partial charge is 0.0692 e. The van der Waals surface area contributed by atoms with Crippen molar-refractivity contribution in [2.45, 2.75) is 38.8 Å². The Labute approximate surface area is 74.1 Å². The Morgan fingerprint density at radius 3 is 2.08 bits per heavy atom. The van der Waals surface area contributed by atoms with Crippen molar-refractivity contribution in [3.05, 3.63) is 24.3 Å². The highest BCUT2D eigenvalue weighted by Crippen LogP contribution is 2.38. The minimum Gasteiger partial charge on any atom is -0.136 e.